The first-order valence-corrected chi connectivity index (χ1v) is 11.2. The van der Waals surface area contributed by atoms with E-state index in [1.54, 1.807) is 30.5 Å². The maximum atomic E-state index is 14.4. The maximum Gasteiger partial charge on any atom is 0.255 e. The highest BCUT2D eigenvalue weighted by Crippen LogP contribution is 2.43. The van der Waals surface area contributed by atoms with Crippen LogP contribution < -0.4 is 20.1 Å². The van der Waals surface area contributed by atoms with Crippen molar-refractivity contribution in [2.45, 2.75) is 19.3 Å². The lowest BCUT2D eigenvalue weighted by molar-refractivity contribution is 0.0853. The molecule has 8 nitrogen and oxygen atoms in total. The van der Waals surface area contributed by atoms with Gasteiger partial charge < -0.3 is 25.1 Å². The lowest BCUT2D eigenvalue weighted by atomic mass is 9.96. The van der Waals surface area contributed by atoms with Gasteiger partial charge in [-0.25, -0.2) is 18.2 Å². The number of fused-ring (bicyclic) bond motifs is 2. The fourth-order valence-electron chi connectivity index (χ4n) is 4.36. The Morgan fingerprint density at radius 2 is 2.06 bits per heavy atom. The Bertz CT molecular complexity index is 1460. The molecule has 0 spiro atoms. The minimum Gasteiger partial charge on any atom is -0.492 e. The van der Waals surface area contributed by atoms with Crippen LogP contribution in [0.3, 0.4) is 0 Å². The molecule has 3 aromatic heterocycles. The largest absolute Gasteiger partial charge is 0.492 e. The molecule has 5 rings (SSSR count). The van der Waals surface area contributed by atoms with Gasteiger partial charge >= 0.3 is 0 Å². The number of hydrogen-bond donors (Lipinski definition) is 3. The molecule has 4 heterocycles. The van der Waals surface area contributed by atoms with Crippen LogP contribution in [0.4, 0.5) is 24.5 Å². The summed E-state index contributed by atoms with van der Waals surface area (Å²) < 4.78 is 53.1. The maximum absolute atomic E-state index is 14.4. The first-order valence-electron chi connectivity index (χ1n) is 11.2. The average molecular weight is 497 g/mol. The summed E-state index contributed by atoms with van der Waals surface area (Å²) in [5.74, 6) is -2.15. The fourth-order valence-corrected chi connectivity index (χ4v) is 4.36. The Morgan fingerprint density at radius 3 is 2.81 bits per heavy atom. The normalized spacial score (nSPS) is 15.1. The summed E-state index contributed by atoms with van der Waals surface area (Å²) in [7, 11) is 1.31. The lowest BCUT2D eigenvalue weighted by Crippen LogP contribution is -2.37. The lowest BCUT2D eigenvalue weighted by Gasteiger charge is -2.23. The van der Waals surface area contributed by atoms with E-state index in [1.165, 1.54) is 19.2 Å². The van der Waals surface area contributed by atoms with Gasteiger partial charge in [0, 0.05) is 30.1 Å². The van der Waals surface area contributed by atoms with Crippen LogP contribution in [0.15, 0.2) is 42.6 Å². The fraction of sp³-hybridized carbons (Fsp3) is 0.240. The van der Waals surface area contributed by atoms with Gasteiger partial charge in [0.05, 0.1) is 47.8 Å². The molecule has 0 bridgehead atoms. The van der Waals surface area contributed by atoms with Crippen molar-refractivity contribution < 1.29 is 27.4 Å². The van der Waals surface area contributed by atoms with Gasteiger partial charge in [-0.05, 0) is 31.2 Å². The zero-order chi connectivity index (χ0) is 25.4. The second kappa shape index (κ2) is 9.40. The number of aromatic nitrogens is 3. The van der Waals surface area contributed by atoms with Crippen molar-refractivity contribution in [3.8, 4) is 22.9 Å². The standard InChI is InChI=1S/C25H22F3N5O3/c1-3-36-17-8-7-15-19(32-17)12(9-10-29-15)21-22(31-16-6-4-5-14(26)23(16)35-2)18-20(33-21)13(24(27)28)11-30-25(18)34/h4-10,13,24,31,33H,3,11H2,1-2H3,(H,30,34)/t13-/m0/s1. The molecule has 36 heavy (non-hydrogen) atoms. The third kappa shape index (κ3) is 3.96. The van der Waals surface area contributed by atoms with Crippen molar-refractivity contribution in [2.75, 3.05) is 25.6 Å². The second-order valence-electron chi connectivity index (χ2n) is 8.07. The van der Waals surface area contributed by atoms with Crippen molar-refractivity contribution in [3.63, 3.8) is 0 Å². The van der Waals surface area contributed by atoms with Crippen LogP contribution in [0.2, 0.25) is 0 Å². The van der Waals surface area contributed by atoms with Crippen LogP contribution in [0.1, 0.15) is 28.9 Å². The molecule has 186 valence electrons. The number of rotatable bonds is 7. The minimum atomic E-state index is -2.73. The van der Waals surface area contributed by atoms with Crippen LogP contribution in [-0.2, 0) is 0 Å². The number of anilines is 2. The Morgan fingerprint density at radius 1 is 1.22 bits per heavy atom. The molecule has 1 aromatic carbocycles. The van der Waals surface area contributed by atoms with Crippen molar-refractivity contribution in [2.24, 2.45) is 0 Å². The molecule has 4 aromatic rings. The van der Waals surface area contributed by atoms with Crippen LogP contribution in [-0.4, -0.2) is 47.5 Å². The third-order valence-corrected chi connectivity index (χ3v) is 5.96. The molecule has 11 heteroatoms. The molecule has 0 aliphatic carbocycles. The molecule has 1 aliphatic rings. The smallest absolute Gasteiger partial charge is 0.255 e. The molecule has 1 amide bonds. The van der Waals surface area contributed by atoms with E-state index in [2.05, 4.69) is 25.6 Å². The van der Waals surface area contributed by atoms with Crippen molar-refractivity contribution in [3.05, 3.63) is 59.7 Å². The second-order valence-corrected chi connectivity index (χ2v) is 8.07. The van der Waals surface area contributed by atoms with E-state index < -0.39 is 24.1 Å². The molecule has 0 saturated heterocycles. The number of carbonyl (C=O) groups is 1. The average Bonchev–Trinajstić information content (AvgIpc) is 3.23. The molecular weight excluding hydrogens is 475 g/mol. The highest BCUT2D eigenvalue weighted by molar-refractivity contribution is 6.08. The number of nitrogens with one attached hydrogen (secondary N) is 3. The van der Waals surface area contributed by atoms with Gasteiger partial charge in [-0.15, -0.1) is 0 Å². The summed E-state index contributed by atoms with van der Waals surface area (Å²) in [6, 6.07) is 9.33. The van der Waals surface area contributed by atoms with Crippen molar-refractivity contribution in [1.29, 1.82) is 0 Å². The number of carbonyl (C=O) groups excluding carboxylic acids is 1. The number of amides is 1. The van der Waals surface area contributed by atoms with Crippen LogP contribution in [0, 0.1) is 5.82 Å². The number of H-pyrrole nitrogens is 1. The number of benzene rings is 1. The number of hydrogen-bond acceptors (Lipinski definition) is 6. The Balaban J connectivity index is 1.78. The predicted octanol–water partition coefficient (Wildman–Crippen LogP) is 5.01. The zero-order valence-electron chi connectivity index (χ0n) is 19.4. The topological polar surface area (TPSA) is 101 Å². The molecule has 0 fully saturated rings. The molecule has 0 radical (unpaired) electrons. The first-order chi connectivity index (χ1) is 17.4. The molecular formula is C25H22F3N5O3. The Labute approximate surface area is 203 Å². The predicted molar refractivity (Wildman–Crippen MR) is 128 cm³/mol. The summed E-state index contributed by atoms with van der Waals surface area (Å²) in [5, 5.41) is 5.58. The van der Waals surface area contributed by atoms with Gasteiger partial charge in [-0.2, -0.15) is 0 Å². The number of nitrogens with zero attached hydrogens (tertiary/aromatic N) is 2. The van der Waals surface area contributed by atoms with Crippen LogP contribution >= 0.6 is 0 Å². The summed E-state index contributed by atoms with van der Waals surface area (Å²) >= 11 is 0. The van der Waals surface area contributed by atoms with E-state index in [1.807, 2.05) is 6.92 Å². The molecule has 1 aliphatic heterocycles. The quantitative estimate of drug-likeness (QED) is 0.332. The summed E-state index contributed by atoms with van der Waals surface area (Å²) in [6.07, 6.45) is -1.18. The Hall–Kier alpha value is -4.28. The Kier molecular flexibility index (Phi) is 6.13. The van der Waals surface area contributed by atoms with Gasteiger partial charge in [0.1, 0.15) is 5.52 Å². The van der Waals surface area contributed by atoms with Crippen molar-refractivity contribution >= 4 is 28.3 Å². The van der Waals surface area contributed by atoms with Gasteiger partial charge in [-0.3, -0.25) is 9.78 Å². The van der Waals surface area contributed by atoms with E-state index in [0.29, 0.717) is 34.8 Å². The van der Waals surface area contributed by atoms with E-state index >= 15 is 0 Å². The van der Waals surface area contributed by atoms with E-state index in [-0.39, 0.29) is 34.9 Å². The number of para-hydroxylation sites is 1. The summed E-state index contributed by atoms with van der Waals surface area (Å²) in [4.78, 5) is 24.9. The third-order valence-electron chi connectivity index (χ3n) is 5.96. The van der Waals surface area contributed by atoms with E-state index in [4.69, 9.17) is 9.47 Å². The SMILES string of the molecule is CCOc1ccc2nccc(-c3[nH]c4c(c3Nc3cccc(F)c3OC)C(=O)NC[C@@H]4C(F)F)c2n1. The monoisotopic (exact) mass is 497 g/mol. The molecule has 1 atom stereocenters. The van der Waals surface area contributed by atoms with Gasteiger partial charge in [-0.1, -0.05) is 6.07 Å². The zero-order valence-corrected chi connectivity index (χ0v) is 19.4. The van der Waals surface area contributed by atoms with Gasteiger partial charge in [0.2, 0.25) is 12.3 Å². The minimum absolute atomic E-state index is 0.0128. The van der Waals surface area contributed by atoms with Crippen LogP contribution in [0.5, 0.6) is 11.6 Å². The van der Waals surface area contributed by atoms with E-state index in [0.717, 1.165) is 0 Å². The number of aromatic amines is 1. The van der Waals surface area contributed by atoms with Crippen LogP contribution in [0.25, 0.3) is 22.3 Å². The van der Waals surface area contributed by atoms with E-state index in [9.17, 15) is 18.0 Å². The highest BCUT2D eigenvalue weighted by atomic mass is 19.3. The van der Waals surface area contributed by atoms with Crippen molar-refractivity contribution in [1.82, 2.24) is 20.3 Å². The number of pyridine rings is 2. The number of alkyl halides is 2. The summed E-state index contributed by atoms with van der Waals surface area (Å²) in [6.45, 7) is 2.00. The number of halogens is 3. The first kappa shape index (κ1) is 23.5. The van der Waals surface area contributed by atoms with Gasteiger partial charge in [0.15, 0.2) is 11.6 Å². The number of ether oxygens (including phenoxy) is 2. The highest BCUT2D eigenvalue weighted by Gasteiger charge is 2.37. The summed E-state index contributed by atoms with van der Waals surface area (Å²) in [5.41, 5.74) is 2.28. The molecule has 0 saturated carbocycles. The van der Waals surface area contributed by atoms with Gasteiger partial charge in [0.25, 0.3) is 5.91 Å². The molecule has 0 unspecified atom stereocenters. The number of methoxy groups -OCH3 is 1. The molecule has 3 N–H and O–H groups in total.